The van der Waals surface area contributed by atoms with E-state index in [1.165, 1.54) is 0 Å². The van der Waals surface area contributed by atoms with Gasteiger partial charge in [0, 0.05) is 11.6 Å². The van der Waals surface area contributed by atoms with E-state index in [0.717, 1.165) is 5.56 Å². The Morgan fingerprint density at radius 3 is 2.76 bits per heavy atom. The van der Waals surface area contributed by atoms with Crippen LogP contribution in [0.5, 0.6) is 0 Å². The highest BCUT2D eigenvalue weighted by Crippen LogP contribution is 2.10. The fourth-order valence-corrected chi connectivity index (χ4v) is 1.48. The summed E-state index contributed by atoms with van der Waals surface area (Å²) in [5.74, 6) is -0.302. The first-order chi connectivity index (χ1) is 7.99. The standard InChI is InChI=1S/C11H14ClN3O2/c1-7(15-11(13)17)10(16)14-6-8-3-2-4-9(12)5-8/h2-5,7H,6H2,1H3,(H,14,16)(H3,13,15,17)/t7-/m0/s1. The Bertz CT molecular complexity index is 423. The maximum Gasteiger partial charge on any atom is 0.312 e. The minimum Gasteiger partial charge on any atom is -0.352 e. The number of hydrogen-bond donors (Lipinski definition) is 3. The van der Waals surface area contributed by atoms with Gasteiger partial charge in [0.25, 0.3) is 0 Å². The average Bonchev–Trinajstić information content (AvgIpc) is 2.25. The summed E-state index contributed by atoms with van der Waals surface area (Å²) in [5, 5.41) is 5.57. The van der Waals surface area contributed by atoms with Crippen LogP contribution in [0.2, 0.25) is 5.02 Å². The van der Waals surface area contributed by atoms with Crippen molar-refractivity contribution in [1.82, 2.24) is 10.6 Å². The summed E-state index contributed by atoms with van der Waals surface area (Å²) in [5.41, 5.74) is 5.80. The van der Waals surface area contributed by atoms with E-state index in [4.69, 9.17) is 17.3 Å². The highest BCUT2D eigenvalue weighted by atomic mass is 35.5. The molecule has 1 aromatic rings. The number of urea groups is 1. The number of amides is 3. The fourth-order valence-electron chi connectivity index (χ4n) is 1.27. The first-order valence-electron chi connectivity index (χ1n) is 5.07. The molecule has 0 saturated carbocycles. The van der Waals surface area contributed by atoms with Crippen molar-refractivity contribution in [3.8, 4) is 0 Å². The van der Waals surface area contributed by atoms with E-state index in [-0.39, 0.29) is 5.91 Å². The van der Waals surface area contributed by atoms with Crippen molar-refractivity contribution in [1.29, 1.82) is 0 Å². The summed E-state index contributed by atoms with van der Waals surface area (Å²) in [7, 11) is 0. The van der Waals surface area contributed by atoms with E-state index in [2.05, 4.69) is 10.6 Å². The highest BCUT2D eigenvalue weighted by Gasteiger charge is 2.13. The monoisotopic (exact) mass is 255 g/mol. The molecule has 3 amide bonds. The van der Waals surface area contributed by atoms with Gasteiger partial charge in [0.2, 0.25) is 5.91 Å². The van der Waals surface area contributed by atoms with Crippen LogP contribution < -0.4 is 16.4 Å². The number of carbonyl (C=O) groups is 2. The molecule has 0 aliphatic carbocycles. The number of benzene rings is 1. The molecule has 92 valence electrons. The van der Waals surface area contributed by atoms with Gasteiger partial charge in [-0.25, -0.2) is 4.79 Å². The molecule has 4 N–H and O–H groups in total. The Kier molecular flexibility index (Phi) is 4.78. The van der Waals surface area contributed by atoms with Crippen molar-refractivity contribution in [3.63, 3.8) is 0 Å². The summed E-state index contributed by atoms with van der Waals surface area (Å²) >= 11 is 5.81. The van der Waals surface area contributed by atoms with Crippen LogP contribution in [0.25, 0.3) is 0 Å². The second kappa shape index (κ2) is 6.10. The van der Waals surface area contributed by atoms with Crippen molar-refractivity contribution in [2.75, 3.05) is 0 Å². The molecule has 0 fully saturated rings. The van der Waals surface area contributed by atoms with Gasteiger partial charge in [-0.1, -0.05) is 23.7 Å². The van der Waals surface area contributed by atoms with E-state index in [1.807, 2.05) is 6.07 Å². The normalized spacial score (nSPS) is 11.6. The van der Waals surface area contributed by atoms with E-state index < -0.39 is 12.1 Å². The molecule has 1 atom stereocenters. The van der Waals surface area contributed by atoms with Gasteiger partial charge in [0.05, 0.1) is 0 Å². The van der Waals surface area contributed by atoms with E-state index in [0.29, 0.717) is 11.6 Å². The van der Waals surface area contributed by atoms with Gasteiger partial charge >= 0.3 is 6.03 Å². The number of halogens is 1. The average molecular weight is 256 g/mol. The fraction of sp³-hybridized carbons (Fsp3) is 0.273. The van der Waals surface area contributed by atoms with Crippen LogP contribution in [0.1, 0.15) is 12.5 Å². The van der Waals surface area contributed by atoms with Gasteiger partial charge in [-0.05, 0) is 24.6 Å². The molecule has 0 aliphatic heterocycles. The van der Waals surface area contributed by atoms with Gasteiger partial charge < -0.3 is 16.4 Å². The predicted octanol–water partition coefficient (Wildman–Crippen LogP) is 1.01. The second-order valence-electron chi connectivity index (χ2n) is 3.58. The van der Waals surface area contributed by atoms with Crippen molar-refractivity contribution >= 4 is 23.5 Å². The Balaban J connectivity index is 2.45. The SMILES string of the molecule is C[C@H](NC(N)=O)C(=O)NCc1cccc(Cl)c1. The summed E-state index contributed by atoms with van der Waals surface area (Å²) in [4.78, 5) is 22.1. The van der Waals surface area contributed by atoms with Crippen LogP contribution in [0.15, 0.2) is 24.3 Å². The summed E-state index contributed by atoms with van der Waals surface area (Å²) in [6.07, 6.45) is 0. The Hall–Kier alpha value is -1.75. The molecule has 0 spiro atoms. The van der Waals surface area contributed by atoms with Crippen LogP contribution in [-0.4, -0.2) is 18.0 Å². The molecule has 0 saturated heterocycles. The van der Waals surface area contributed by atoms with Crippen LogP contribution in [-0.2, 0) is 11.3 Å². The van der Waals surface area contributed by atoms with Gasteiger partial charge in [0.1, 0.15) is 6.04 Å². The Morgan fingerprint density at radius 1 is 1.47 bits per heavy atom. The minimum absolute atomic E-state index is 0.302. The number of primary amides is 1. The number of rotatable bonds is 4. The third-order valence-electron chi connectivity index (χ3n) is 2.11. The van der Waals surface area contributed by atoms with Crippen molar-refractivity contribution in [2.24, 2.45) is 5.73 Å². The summed E-state index contributed by atoms with van der Waals surface area (Å²) in [6.45, 7) is 1.91. The predicted molar refractivity (Wildman–Crippen MR) is 65.5 cm³/mol. The molecular weight excluding hydrogens is 242 g/mol. The molecule has 0 heterocycles. The van der Waals surface area contributed by atoms with Crippen LogP contribution in [0, 0.1) is 0 Å². The third-order valence-corrected chi connectivity index (χ3v) is 2.34. The van der Waals surface area contributed by atoms with Crippen LogP contribution in [0.3, 0.4) is 0 Å². The highest BCUT2D eigenvalue weighted by molar-refractivity contribution is 6.30. The molecule has 0 aromatic heterocycles. The molecule has 1 aromatic carbocycles. The summed E-state index contributed by atoms with van der Waals surface area (Å²) in [6, 6.07) is 5.77. The Morgan fingerprint density at radius 2 is 2.18 bits per heavy atom. The van der Waals surface area contributed by atoms with E-state index in [1.54, 1.807) is 25.1 Å². The van der Waals surface area contributed by atoms with Gasteiger partial charge in [-0.15, -0.1) is 0 Å². The zero-order valence-corrected chi connectivity index (χ0v) is 10.1. The number of hydrogen-bond acceptors (Lipinski definition) is 2. The molecule has 0 unspecified atom stereocenters. The zero-order valence-electron chi connectivity index (χ0n) is 9.37. The van der Waals surface area contributed by atoms with Gasteiger partial charge in [0.15, 0.2) is 0 Å². The topological polar surface area (TPSA) is 84.2 Å². The number of nitrogens with one attached hydrogen (secondary N) is 2. The first-order valence-corrected chi connectivity index (χ1v) is 5.45. The maximum atomic E-state index is 11.5. The van der Waals surface area contributed by atoms with Crippen LogP contribution >= 0.6 is 11.6 Å². The second-order valence-corrected chi connectivity index (χ2v) is 4.01. The van der Waals surface area contributed by atoms with Crippen LogP contribution in [0.4, 0.5) is 4.79 Å². The zero-order chi connectivity index (χ0) is 12.8. The molecule has 1 rings (SSSR count). The number of carbonyl (C=O) groups excluding carboxylic acids is 2. The largest absolute Gasteiger partial charge is 0.352 e. The van der Waals surface area contributed by atoms with Crippen molar-refractivity contribution in [2.45, 2.75) is 19.5 Å². The minimum atomic E-state index is -0.726. The third kappa shape index (κ3) is 4.74. The van der Waals surface area contributed by atoms with Gasteiger partial charge in [-0.3, -0.25) is 4.79 Å². The molecule has 17 heavy (non-hydrogen) atoms. The van der Waals surface area contributed by atoms with Gasteiger partial charge in [-0.2, -0.15) is 0 Å². The van der Waals surface area contributed by atoms with E-state index >= 15 is 0 Å². The lowest BCUT2D eigenvalue weighted by Crippen LogP contribution is -2.46. The first kappa shape index (κ1) is 13.3. The molecule has 5 nitrogen and oxygen atoms in total. The molecule has 0 aliphatic rings. The maximum absolute atomic E-state index is 11.5. The lowest BCUT2D eigenvalue weighted by atomic mass is 10.2. The summed E-state index contributed by atoms with van der Waals surface area (Å²) < 4.78 is 0. The van der Waals surface area contributed by atoms with Crippen molar-refractivity contribution < 1.29 is 9.59 Å². The molecule has 0 bridgehead atoms. The lowest BCUT2D eigenvalue weighted by molar-refractivity contribution is -0.122. The smallest absolute Gasteiger partial charge is 0.312 e. The number of nitrogens with two attached hydrogens (primary N) is 1. The molecule has 0 radical (unpaired) electrons. The van der Waals surface area contributed by atoms with E-state index in [9.17, 15) is 9.59 Å². The molecular formula is C11H14ClN3O2. The molecule has 6 heteroatoms. The Labute approximate surface area is 104 Å². The van der Waals surface area contributed by atoms with Crippen molar-refractivity contribution in [3.05, 3.63) is 34.9 Å². The lowest BCUT2D eigenvalue weighted by Gasteiger charge is -2.12. The quantitative estimate of drug-likeness (QED) is 0.750.